The minimum Gasteiger partial charge on any atom is -0.354 e. The normalized spacial score (nSPS) is 12.0. The maximum atomic E-state index is 14.5. The van der Waals surface area contributed by atoms with Crippen molar-refractivity contribution in [2.45, 2.75) is 51.6 Å². The van der Waals surface area contributed by atoms with Crippen LogP contribution in [0.3, 0.4) is 0 Å². The number of sulfonamides is 1. The summed E-state index contributed by atoms with van der Waals surface area (Å²) in [5.74, 6) is -0.607. The molecular formula is C36H40ClN3O4S. The first-order valence-electron chi connectivity index (χ1n) is 15.0. The first-order valence-corrected chi connectivity index (χ1v) is 16.8. The van der Waals surface area contributed by atoms with Gasteiger partial charge in [-0.3, -0.25) is 13.9 Å². The second-order valence-electron chi connectivity index (χ2n) is 11.6. The average Bonchev–Trinajstić information content (AvgIpc) is 3.01. The number of amides is 2. The van der Waals surface area contributed by atoms with E-state index in [4.69, 9.17) is 11.6 Å². The van der Waals surface area contributed by atoms with E-state index in [0.29, 0.717) is 22.8 Å². The van der Waals surface area contributed by atoms with Gasteiger partial charge >= 0.3 is 0 Å². The number of nitrogens with one attached hydrogen (secondary N) is 1. The van der Waals surface area contributed by atoms with Crippen molar-refractivity contribution in [3.8, 4) is 0 Å². The standard InChI is InChI=1S/C36H40ClN3O4S/c1-26(2)23-38-36(42)34(22-29-11-7-5-8-12-29)39(24-30-13-9-6-10-14-30)35(41)25-40(33-20-17-31(37)21-28(33)4)45(43,44)32-18-15-27(3)16-19-32/h5-21,26,34H,22-25H2,1-4H3,(H,38,42)/t34-/m1/s1. The van der Waals surface area contributed by atoms with Gasteiger partial charge in [0.1, 0.15) is 12.6 Å². The van der Waals surface area contributed by atoms with Crippen LogP contribution < -0.4 is 9.62 Å². The van der Waals surface area contributed by atoms with E-state index < -0.39 is 28.5 Å². The van der Waals surface area contributed by atoms with Crippen LogP contribution in [0, 0.1) is 19.8 Å². The molecule has 2 amide bonds. The van der Waals surface area contributed by atoms with Crippen molar-refractivity contribution < 1.29 is 18.0 Å². The summed E-state index contributed by atoms with van der Waals surface area (Å²) in [4.78, 5) is 29.9. The lowest BCUT2D eigenvalue weighted by atomic mass is 10.0. The molecule has 236 valence electrons. The van der Waals surface area contributed by atoms with Gasteiger partial charge in [-0.05, 0) is 66.8 Å². The number of rotatable bonds is 13. The monoisotopic (exact) mass is 645 g/mol. The van der Waals surface area contributed by atoms with E-state index in [1.54, 1.807) is 37.3 Å². The summed E-state index contributed by atoms with van der Waals surface area (Å²) in [6.07, 6.45) is 0.258. The van der Waals surface area contributed by atoms with Crippen LogP contribution in [0.5, 0.6) is 0 Å². The Morgan fingerprint density at radius 1 is 0.822 bits per heavy atom. The van der Waals surface area contributed by atoms with Gasteiger partial charge in [-0.15, -0.1) is 0 Å². The Bertz CT molecular complexity index is 1700. The SMILES string of the molecule is Cc1ccc(S(=O)(=O)N(CC(=O)N(Cc2ccccc2)[C@H](Cc2ccccc2)C(=O)NCC(C)C)c2ccc(Cl)cc2C)cc1. The van der Waals surface area contributed by atoms with Gasteiger partial charge in [-0.2, -0.15) is 0 Å². The van der Waals surface area contributed by atoms with Gasteiger partial charge in [0.2, 0.25) is 11.8 Å². The lowest BCUT2D eigenvalue weighted by molar-refractivity contribution is -0.140. The maximum absolute atomic E-state index is 14.5. The van der Waals surface area contributed by atoms with Gasteiger partial charge in [-0.1, -0.05) is 104 Å². The second-order valence-corrected chi connectivity index (χ2v) is 13.9. The van der Waals surface area contributed by atoms with Gasteiger partial charge in [0, 0.05) is 24.5 Å². The molecule has 0 fully saturated rings. The number of aryl methyl sites for hydroxylation is 2. The zero-order valence-corrected chi connectivity index (χ0v) is 27.7. The number of benzene rings is 4. The van der Waals surface area contributed by atoms with Crippen molar-refractivity contribution >= 4 is 39.1 Å². The third kappa shape index (κ3) is 8.96. The van der Waals surface area contributed by atoms with E-state index in [1.807, 2.05) is 81.4 Å². The summed E-state index contributed by atoms with van der Waals surface area (Å²) in [5.41, 5.74) is 3.53. The molecule has 4 rings (SSSR count). The zero-order chi connectivity index (χ0) is 32.6. The molecule has 0 aliphatic rings. The third-order valence-electron chi connectivity index (χ3n) is 7.47. The summed E-state index contributed by atoms with van der Waals surface area (Å²) < 4.78 is 29.5. The molecule has 0 aliphatic heterocycles. The Kier molecular flexibility index (Phi) is 11.4. The molecule has 0 saturated heterocycles. The largest absolute Gasteiger partial charge is 0.354 e. The first-order chi connectivity index (χ1) is 21.5. The van der Waals surface area contributed by atoms with Crippen molar-refractivity contribution in [3.63, 3.8) is 0 Å². The fourth-order valence-electron chi connectivity index (χ4n) is 5.01. The summed E-state index contributed by atoms with van der Waals surface area (Å²) in [6.45, 7) is 7.67. The van der Waals surface area contributed by atoms with E-state index in [-0.39, 0.29) is 29.7 Å². The summed E-state index contributed by atoms with van der Waals surface area (Å²) in [6, 6.07) is 29.4. The van der Waals surface area contributed by atoms with Gasteiger partial charge in [0.15, 0.2) is 0 Å². The Hall–Kier alpha value is -4.14. The first kappa shape index (κ1) is 33.7. The highest BCUT2D eigenvalue weighted by Crippen LogP contribution is 2.30. The molecule has 0 unspecified atom stereocenters. The van der Waals surface area contributed by atoms with Crippen LogP contribution in [0.4, 0.5) is 5.69 Å². The summed E-state index contributed by atoms with van der Waals surface area (Å²) in [7, 11) is -4.19. The fourth-order valence-corrected chi connectivity index (χ4v) is 6.71. The van der Waals surface area contributed by atoms with Crippen LogP contribution in [0.25, 0.3) is 0 Å². The predicted octanol–water partition coefficient (Wildman–Crippen LogP) is 6.56. The molecule has 45 heavy (non-hydrogen) atoms. The number of halogens is 1. The van der Waals surface area contributed by atoms with Crippen molar-refractivity contribution in [2.24, 2.45) is 5.92 Å². The van der Waals surface area contributed by atoms with E-state index in [1.165, 1.54) is 17.0 Å². The molecule has 4 aromatic rings. The molecule has 0 bridgehead atoms. The molecule has 0 aliphatic carbocycles. The van der Waals surface area contributed by atoms with Crippen molar-refractivity contribution in [1.82, 2.24) is 10.2 Å². The smallest absolute Gasteiger partial charge is 0.264 e. The summed E-state index contributed by atoms with van der Waals surface area (Å²) in [5, 5.41) is 3.46. The van der Waals surface area contributed by atoms with Crippen LogP contribution in [-0.4, -0.2) is 44.3 Å². The molecule has 0 radical (unpaired) electrons. The van der Waals surface area contributed by atoms with Crippen LogP contribution in [-0.2, 0) is 32.6 Å². The molecule has 4 aromatic carbocycles. The molecule has 0 heterocycles. The molecular weight excluding hydrogens is 606 g/mol. The molecule has 0 spiro atoms. The van der Waals surface area contributed by atoms with E-state index in [2.05, 4.69) is 5.32 Å². The van der Waals surface area contributed by atoms with E-state index in [0.717, 1.165) is 21.0 Å². The van der Waals surface area contributed by atoms with Crippen molar-refractivity contribution in [2.75, 3.05) is 17.4 Å². The minimum absolute atomic E-state index is 0.0559. The Morgan fingerprint density at radius 3 is 2.00 bits per heavy atom. The number of carbonyl (C=O) groups excluding carboxylic acids is 2. The van der Waals surface area contributed by atoms with Gasteiger partial charge in [0.25, 0.3) is 10.0 Å². The van der Waals surface area contributed by atoms with Crippen LogP contribution in [0.1, 0.15) is 36.1 Å². The number of hydrogen-bond donors (Lipinski definition) is 1. The van der Waals surface area contributed by atoms with Crippen molar-refractivity contribution in [3.05, 3.63) is 130 Å². The lowest BCUT2D eigenvalue weighted by Gasteiger charge is -2.34. The van der Waals surface area contributed by atoms with Gasteiger partial charge in [0.05, 0.1) is 10.6 Å². The maximum Gasteiger partial charge on any atom is 0.264 e. The molecule has 7 nitrogen and oxygen atoms in total. The molecule has 1 N–H and O–H groups in total. The van der Waals surface area contributed by atoms with E-state index >= 15 is 0 Å². The quantitative estimate of drug-likeness (QED) is 0.178. The topological polar surface area (TPSA) is 86.8 Å². The molecule has 1 atom stereocenters. The number of carbonyl (C=O) groups is 2. The third-order valence-corrected chi connectivity index (χ3v) is 9.48. The van der Waals surface area contributed by atoms with Crippen molar-refractivity contribution in [1.29, 1.82) is 0 Å². The molecule has 0 aromatic heterocycles. The highest BCUT2D eigenvalue weighted by atomic mass is 35.5. The minimum atomic E-state index is -4.19. The van der Waals surface area contributed by atoms with Gasteiger partial charge < -0.3 is 10.2 Å². The zero-order valence-electron chi connectivity index (χ0n) is 26.1. The highest BCUT2D eigenvalue weighted by Gasteiger charge is 2.35. The number of hydrogen-bond acceptors (Lipinski definition) is 4. The Morgan fingerprint density at radius 2 is 1.42 bits per heavy atom. The van der Waals surface area contributed by atoms with E-state index in [9.17, 15) is 18.0 Å². The number of nitrogens with zero attached hydrogens (tertiary/aromatic N) is 2. The van der Waals surface area contributed by atoms with Crippen LogP contribution in [0.15, 0.2) is 108 Å². The Labute approximate surface area is 271 Å². The molecule has 0 saturated carbocycles. The lowest BCUT2D eigenvalue weighted by Crippen LogP contribution is -2.53. The Balaban J connectivity index is 1.81. The van der Waals surface area contributed by atoms with Crippen LogP contribution in [0.2, 0.25) is 5.02 Å². The fraction of sp³-hybridized carbons (Fsp3) is 0.278. The van der Waals surface area contributed by atoms with Gasteiger partial charge in [-0.25, -0.2) is 8.42 Å². The second kappa shape index (κ2) is 15.2. The number of anilines is 1. The van der Waals surface area contributed by atoms with Crippen LogP contribution >= 0.6 is 11.6 Å². The average molecular weight is 646 g/mol. The molecule has 9 heteroatoms. The predicted molar refractivity (Wildman–Crippen MR) is 181 cm³/mol. The highest BCUT2D eigenvalue weighted by molar-refractivity contribution is 7.92. The summed E-state index contributed by atoms with van der Waals surface area (Å²) >= 11 is 6.23.